The molecule has 11 heavy (non-hydrogen) atoms. The maximum atomic E-state index is 11.2. The largest absolute Gasteiger partial charge is 0.324 e. The van der Waals surface area contributed by atoms with Crippen LogP contribution in [-0.2, 0) is 4.79 Å². The first kappa shape index (κ1) is 8.21. The van der Waals surface area contributed by atoms with E-state index >= 15 is 0 Å². The van der Waals surface area contributed by atoms with Crippen molar-refractivity contribution in [1.82, 2.24) is 0 Å². The summed E-state index contributed by atoms with van der Waals surface area (Å²) in [6.45, 7) is 3.51. The molecular formula is C9H13NO. The molecule has 60 valence electrons. The minimum Gasteiger partial charge on any atom is -0.324 e. The van der Waals surface area contributed by atoms with Gasteiger partial charge in [0, 0.05) is 18.4 Å². The molecule has 0 heterocycles. The van der Waals surface area contributed by atoms with Gasteiger partial charge in [-0.2, -0.15) is 0 Å². The van der Waals surface area contributed by atoms with E-state index < -0.39 is 0 Å². The normalized spacial score (nSPS) is 28.8. The molecule has 2 N–H and O–H groups in total. The Morgan fingerprint density at radius 3 is 2.91 bits per heavy atom. The Balaban J connectivity index is 2.44. The molecule has 0 fully saturated rings. The summed E-state index contributed by atoms with van der Waals surface area (Å²) in [5.41, 5.74) is 5.59. The number of allylic oxidation sites excluding steroid dienone is 2. The summed E-state index contributed by atoms with van der Waals surface area (Å²) in [6, 6.07) is 0.0776. The monoisotopic (exact) mass is 151 g/mol. The third kappa shape index (κ3) is 2.02. The van der Waals surface area contributed by atoms with Crippen LogP contribution in [0, 0.1) is 5.92 Å². The molecule has 0 aromatic rings. The van der Waals surface area contributed by atoms with Gasteiger partial charge in [0.15, 0.2) is 0 Å². The van der Waals surface area contributed by atoms with Crippen molar-refractivity contribution in [2.24, 2.45) is 11.7 Å². The van der Waals surface area contributed by atoms with Crippen LogP contribution in [0.4, 0.5) is 0 Å². The van der Waals surface area contributed by atoms with E-state index in [1.54, 1.807) is 6.08 Å². The Hall–Kier alpha value is -0.890. The predicted octanol–water partition coefficient (Wildman–Crippen LogP) is 1.03. The van der Waals surface area contributed by atoms with Crippen LogP contribution in [0.5, 0.6) is 0 Å². The standard InChI is InChI=1S/C9H13NO/c1-2-3-9(11)7-4-5-8(10)6-7/h2,4-5,7-8H,1,3,6,10H2. The van der Waals surface area contributed by atoms with E-state index in [9.17, 15) is 4.79 Å². The fourth-order valence-electron chi connectivity index (χ4n) is 1.26. The fraction of sp³-hybridized carbons (Fsp3) is 0.444. The zero-order chi connectivity index (χ0) is 8.27. The van der Waals surface area contributed by atoms with Crippen molar-refractivity contribution < 1.29 is 4.79 Å². The Kier molecular flexibility index (Phi) is 2.60. The fourth-order valence-corrected chi connectivity index (χ4v) is 1.26. The van der Waals surface area contributed by atoms with Crippen LogP contribution in [0.1, 0.15) is 12.8 Å². The number of rotatable bonds is 3. The lowest BCUT2D eigenvalue weighted by atomic mass is 10.0. The first-order valence-electron chi connectivity index (χ1n) is 3.81. The van der Waals surface area contributed by atoms with Crippen LogP contribution < -0.4 is 5.73 Å². The highest BCUT2D eigenvalue weighted by atomic mass is 16.1. The number of nitrogens with two attached hydrogens (primary N) is 1. The average Bonchev–Trinajstić information content (AvgIpc) is 2.36. The van der Waals surface area contributed by atoms with Crippen molar-refractivity contribution in [3.05, 3.63) is 24.8 Å². The van der Waals surface area contributed by atoms with Gasteiger partial charge in [-0.15, -0.1) is 6.58 Å². The van der Waals surface area contributed by atoms with Crippen LogP contribution in [0.25, 0.3) is 0 Å². The molecule has 0 aromatic heterocycles. The molecular weight excluding hydrogens is 138 g/mol. The quantitative estimate of drug-likeness (QED) is 0.612. The SMILES string of the molecule is C=CCC(=O)C1C=CC(N)C1. The molecule has 2 atom stereocenters. The van der Waals surface area contributed by atoms with Crippen LogP contribution in [0.3, 0.4) is 0 Å². The lowest BCUT2D eigenvalue weighted by molar-refractivity contribution is -0.120. The van der Waals surface area contributed by atoms with Crippen molar-refractivity contribution in [3.8, 4) is 0 Å². The van der Waals surface area contributed by atoms with E-state index in [2.05, 4.69) is 6.58 Å². The van der Waals surface area contributed by atoms with Gasteiger partial charge in [0.25, 0.3) is 0 Å². The van der Waals surface area contributed by atoms with Gasteiger partial charge >= 0.3 is 0 Å². The van der Waals surface area contributed by atoms with Crippen molar-refractivity contribution in [2.75, 3.05) is 0 Å². The topological polar surface area (TPSA) is 43.1 Å². The molecule has 0 radical (unpaired) electrons. The molecule has 2 unspecified atom stereocenters. The van der Waals surface area contributed by atoms with Crippen molar-refractivity contribution in [3.63, 3.8) is 0 Å². The number of ketones is 1. The summed E-state index contributed by atoms with van der Waals surface area (Å²) < 4.78 is 0. The third-order valence-corrected chi connectivity index (χ3v) is 1.88. The van der Waals surface area contributed by atoms with Crippen molar-refractivity contribution in [1.29, 1.82) is 0 Å². The van der Waals surface area contributed by atoms with Gasteiger partial charge in [0.2, 0.25) is 0 Å². The highest BCUT2D eigenvalue weighted by Crippen LogP contribution is 2.18. The lowest BCUT2D eigenvalue weighted by Crippen LogP contribution is -2.18. The molecule has 0 aromatic carbocycles. The summed E-state index contributed by atoms with van der Waals surface area (Å²) in [7, 11) is 0. The molecule has 1 aliphatic rings. The summed E-state index contributed by atoms with van der Waals surface area (Å²) in [4.78, 5) is 11.2. The number of hydrogen-bond donors (Lipinski definition) is 1. The van der Waals surface area contributed by atoms with Crippen LogP contribution in [0.15, 0.2) is 24.8 Å². The second-order valence-corrected chi connectivity index (χ2v) is 2.85. The Bertz CT molecular complexity index is 196. The van der Waals surface area contributed by atoms with Crippen LogP contribution in [0.2, 0.25) is 0 Å². The van der Waals surface area contributed by atoms with Gasteiger partial charge < -0.3 is 5.73 Å². The van der Waals surface area contributed by atoms with E-state index in [1.807, 2.05) is 12.2 Å². The summed E-state index contributed by atoms with van der Waals surface area (Å²) in [5.74, 6) is 0.271. The maximum Gasteiger partial charge on any atom is 0.143 e. The van der Waals surface area contributed by atoms with E-state index in [-0.39, 0.29) is 17.7 Å². The molecule has 0 saturated heterocycles. The second-order valence-electron chi connectivity index (χ2n) is 2.85. The predicted molar refractivity (Wildman–Crippen MR) is 45.0 cm³/mol. The first-order valence-corrected chi connectivity index (χ1v) is 3.81. The molecule has 0 aliphatic heterocycles. The third-order valence-electron chi connectivity index (χ3n) is 1.88. The number of hydrogen-bond acceptors (Lipinski definition) is 2. The van der Waals surface area contributed by atoms with E-state index in [4.69, 9.17) is 5.73 Å². The van der Waals surface area contributed by atoms with E-state index in [1.165, 1.54) is 0 Å². The Labute approximate surface area is 66.8 Å². The molecule has 0 saturated carbocycles. The lowest BCUT2D eigenvalue weighted by Gasteiger charge is -2.05. The zero-order valence-electron chi connectivity index (χ0n) is 6.49. The molecule has 0 spiro atoms. The number of Topliss-reactive ketones (excluding diaryl/α,β-unsaturated/α-hetero) is 1. The van der Waals surface area contributed by atoms with Gasteiger partial charge in [-0.25, -0.2) is 0 Å². The maximum absolute atomic E-state index is 11.2. The van der Waals surface area contributed by atoms with E-state index in [0.29, 0.717) is 6.42 Å². The Morgan fingerprint density at radius 1 is 1.73 bits per heavy atom. The highest BCUT2D eigenvalue weighted by Gasteiger charge is 2.20. The minimum absolute atomic E-state index is 0.0444. The van der Waals surface area contributed by atoms with Crippen LogP contribution >= 0.6 is 0 Å². The molecule has 0 bridgehead atoms. The summed E-state index contributed by atoms with van der Waals surface area (Å²) in [5, 5.41) is 0. The van der Waals surface area contributed by atoms with Gasteiger partial charge in [-0.1, -0.05) is 18.2 Å². The second kappa shape index (κ2) is 3.49. The van der Waals surface area contributed by atoms with Gasteiger partial charge in [0.1, 0.15) is 5.78 Å². The molecule has 1 aliphatic carbocycles. The van der Waals surface area contributed by atoms with Crippen molar-refractivity contribution >= 4 is 5.78 Å². The zero-order valence-corrected chi connectivity index (χ0v) is 6.49. The highest BCUT2D eigenvalue weighted by molar-refractivity contribution is 5.84. The number of carbonyl (C=O) groups is 1. The molecule has 2 nitrogen and oxygen atoms in total. The van der Waals surface area contributed by atoms with Crippen LogP contribution in [-0.4, -0.2) is 11.8 Å². The number of carbonyl (C=O) groups excluding carboxylic acids is 1. The minimum atomic E-state index is 0.0444. The summed E-state index contributed by atoms with van der Waals surface area (Å²) in [6.07, 6.45) is 6.66. The van der Waals surface area contributed by atoms with Gasteiger partial charge in [0.05, 0.1) is 0 Å². The smallest absolute Gasteiger partial charge is 0.143 e. The summed E-state index contributed by atoms with van der Waals surface area (Å²) >= 11 is 0. The van der Waals surface area contributed by atoms with Crippen molar-refractivity contribution in [2.45, 2.75) is 18.9 Å². The molecule has 0 amide bonds. The molecule has 1 rings (SSSR count). The van der Waals surface area contributed by atoms with E-state index in [0.717, 1.165) is 6.42 Å². The van der Waals surface area contributed by atoms with Gasteiger partial charge in [-0.05, 0) is 6.42 Å². The average molecular weight is 151 g/mol. The molecule has 2 heteroatoms. The van der Waals surface area contributed by atoms with Gasteiger partial charge in [-0.3, -0.25) is 4.79 Å². The first-order chi connectivity index (χ1) is 5.24. The Morgan fingerprint density at radius 2 is 2.45 bits per heavy atom.